The molecule has 4 aromatic rings. The second-order valence-electron chi connectivity index (χ2n) is 6.69. The Morgan fingerprint density at radius 2 is 1.21 bits per heavy atom. The van der Waals surface area contributed by atoms with Crippen LogP contribution in [0.2, 0.25) is 0 Å². The van der Waals surface area contributed by atoms with E-state index >= 15 is 0 Å². The van der Waals surface area contributed by atoms with Gasteiger partial charge in [0, 0.05) is 17.3 Å². The van der Waals surface area contributed by atoms with Gasteiger partial charge in [-0.05, 0) is 17.7 Å². The molecule has 7 heteroatoms. The number of hydrogen-bond acceptors (Lipinski definition) is 2. The summed E-state index contributed by atoms with van der Waals surface area (Å²) in [7, 11) is 14.9. The number of carbonyl (C=O) groups is 1. The third-order valence-electron chi connectivity index (χ3n) is 4.47. The first kappa shape index (κ1) is 25.2. The van der Waals surface area contributed by atoms with Gasteiger partial charge in [-0.25, -0.2) is 0 Å². The van der Waals surface area contributed by atoms with Crippen LogP contribution in [0.15, 0.2) is 114 Å². The molecule has 0 N–H and O–H groups in total. The fourth-order valence-corrected chi connectivity index (χ4v) is 2.99. The molecule has 4 rings (SSSR count). The molecule has 164 valence electrons. The summed E-state index contributed by atoms with van der Waals surface area (Å²) in [5.41, 5.74) is 4.39. The monoisotopic (exact) mass is 528 g/mol. The van der Waals surface area contributed by atoms with E-state index < -0.39 is 14.7 Å². The van der Waals surface area contributed by atoms with Gasteiger partial charge in [-0.3, -0.25) is 9.79 Å². The quantitative estimate of drug-likeness (QED) is 0.140. The predicted molar refractivity (Wildman–Crippen MR) is 137 cm³/mol. The standard InChI is InChI=1S/C26H20N2O.3ClH.Ti/c29-26(20-11-3-1-4-12-20)23-16-8-10-18-25(23)28-24-17-9-7-13-21(24)19-27-22-14-5-2-6-15-22;;;;/h1-19H,(H,27,28,29);3*1H;/q;;;;+4/p-4. The zero-order valence-electron chi connectivity index (χ0n) is 17.4. The molecule has 0 radical (unpaired) electrons. The molecule has 0 atom stereocenters. The van der Waals surface area contributed by atoms with E-state index in [0.29, 0.717) is 16.8 Å². The van der Waals surface area contributed by atoms with E-state index in [0.717, 1.165) is 16.9 Å². The number of rotatable bonds is 6. The van der Waals surface area contributed by atoms with Crippen LogP contribution in [-0.4, -0.2) is 12.0 Å². The molecule has 0 spiro atoms. The Balaban J connectivity index is 0.000000709. The van der Waals surface area contributed by atoms with E-state index in [9.17, 15) is 4.79 Å². The van der Waals surface area contributed by atoms with Gasteiger partial charge in [-0.1, -0.05) is 97.1 Å². The molecule has 0 unspecified atom stereocenters. The summed E-state index contributed by atoms with van der Waals surface area (Å²) < 4.78 is 0. The number of hydrogen-bond donors (Lipinski definition) is 0. The molecule has 0 aromatic heterocycles. The Labute approximate surface area is 211 Å². The van der Waals surface area contributed by atoms with Crippen LogP contribution in [0, 0.1) is 0 Å². The molecule has 0 aliphatic carbocycles. The van der Waals surface area contributed by atoms with Gasteiger partial charge in [-0.15, -0.1) is 11.4 Å². The average Bonchev–Trinajstić information content (AvgIpc) is 2.84. The van der Waals surface area contributed by atoms with Crippen molar-refractivity contribution in [3.8, 4) is 0 Å². The summed E-state index contributed by atoms with van der Waals surface area (Å²) in [6, 6.07) is 34.2. The number of carbonyl (C=O) groups excluding carboxylic acids is 1. The molecule has 0 saturated carbocycles. The molecule has 0 saturated heterocycles. The van der Waals surface area contributed by atoms with Gasteiger partial charge >= 0.3 is 42.6 Å². The minimum absolute atomic E-state index is 0.0413. The Morgan fingerprint density at radius 1 is 0.697 bits per heavy atom. The van der Waals surface area contributed by atoms with Crippen LogP contribution in [0.3, 0.4) is 0 Å². The van der Waals surface area contributed by atoms with E-state index in [4.69, 9.17) is 33.2 Å². The molecule has 3 nitrogen and oxygen atoms in total. The van der Waals surface area contributed by atoms with Crippen molar-refractivity contribution in [3.63, 3.8) is 0 Å². The summed E-state index contributed by atoms with van der Waals surface area (Å²) >= 11 is -1.92. The molecule has 0 fully saturated rings. The second kappa shape index (κ2) is 13.3. The summed E-state index contributed by atoms with van der Waals surface area (Å²) in [5.74, 6) is -0.0413. The number of halogens is 3. The Bertz CT molecular complexity index is 1200. The second-order valence-corrected chi connectivity index (χ2v) is 14.4. The molecular formula is C26H19Cl3N2OTi. The van der Waals surface area contributed by atoms with Crippen LogP contribution < -0.4 is 0 Å². The van der Waals surface area contributed by atoms with Gasteiger partial charge in [0.2, 0.25) is 0 Å². The van der Waals surface area contributed by atoms with Crippen LogP contribution in [0.5, 0.6) is 0 Å². The number of benzene rings is 4. The van der Waals surface area contributed by atoms with E-state index in [1.165, 1.54) is 0 Å². The molecule has 4 aromatic carbocycles. The number of ketones is 1. The van der Waals surface area contributed by atoms with E-state index in [1.807, 2.05) is 109 Å². The fraction of sp³-hybridized carbons (Fsp3) is 0. The number of para-hydroxylation sites is 3. The molecule has 33 heavy (non-hydrogen) atoms. The molecule has 0 heterocycles. The zero-order chi connectivity index (χ0) is 23.5. The van der Waals surface area contributed by atoms with Gasteiger partial charge in [-0.2, -0.15) is 0 Å². The normalized spacial score (nSPS) is 10.3. The topological polar surface area (TPSA) is 43.5 Å². The van der Waals surface area contributed by atoms with Crippen LogP contribution in [0.25, 0.3) is 5.32 Å². The summed E-state index contributed by atoms with van der Waals surface area (Å²) in [6.07, 6.45) is 1.80. The Kier molecular flexibility index (Phi) is 10.2. The predicted octanol–water partition coefficient (Wildman–Crippen LogP) is 9.07. The van der Waals surface area contributed by atoms with Crippen molar-refractivity contribution >= 4 is 57.0 Å². The Morgan fingerprint density at radius 3 is 1.88 bits per heavy atom. The van der Waals surface area contributed by atoms with Crippen molar-refractivity contribution in [1.82, 2.24) is 0 Å². The summed E-state index contributed by atoms with van der Waals surface area (Å²) in [4.78, 5) is 17.5. The minimum atomic E-state index is -1.92. The van der Waals surface area contributed by atoms with Crippen LogP contribution >= 0.6 is 27.9 Å². The van der Waals surface area contributed by atoms with Crippen molar-refractivity contribution in [3.05, 3.63) is 131 Å². The van der Waals surface area contributed by atoms with Crippen molar-refractivity contribution in [2.45, 2.75) is 0 Å². The van der Waals surface area contributed by atoms with Crippen LogP contribution in [-0.2, 0) is 14.7 Å². The Hall–Kier alpha value is -2.40. The van der Waals surface area contributed by atoms with Crippen molar-refractivity contribution in [1.29, 1.82) is 0 Å². The molecule has 0 aliphatic heterocycles. The SMILES string of the molecule is O=C(c1ccccc1)c1ccccc1[N-]c1ccccc1C=Nc1ccccc1.[Cl][Ti+]([Cl])[Cl]. The van der Waals surface area contributed by atoms with Crippen molar-refractivity contribution in [2.75, 3.05) is 0 Å². The molecule has 0 aliphatic rings. The molecule has 0 bridgehead atoms. The average molecular weight is 530 g/mol. The van der Waals surface area contributed by atoms with Crippen molar-refractivity contribution < 1.29 is 19.5 Å². The maximum absolute atomic E-state index is 13.0. The van der Waals surface area contributed by atoms with Gasteiger partial charge < -0.3 is 5.32 Å². The summed E-state index contributed by atoms with van der Waals surface area (Å²) in [5, 5.41) is 4.79. The molecule has 0 amide bonds. The fourth-order valence-electron chi connectivity index (χ4n) is 2.99. The number of nitrogens with zero attached hydrogens (tertiary/aromatic N) is 2. The van der Waals surface area contributed by atoms with Gasteiger partial charge in [0.25, 0.3) is 0 Å². The first-order valence-corrected chi connectivity index (χ1v) is 16.4. The van der Waals surface area contributed by atoms with Crippen LogP contribution in [0.1, 0.15) is 21.5 Å². The number of aliphatic imine (C=N–C) groups is 1. The third-order valence-corrected chi connectivity index (χ3v) is 4.47. The van der Waals surface area contributed by atoms with E-state index in [1.54, 1.807) is 6.21 Å². The van der Waals surface area contributed by atoms with Gasteiger partial charge in [0.05, 0.1) is 5.69 Å². The van der Waals surface area contributed by atoms with E-state index in [2.05, 4.69) is 4.99 Å². The zero-order valence-corrected chi connectivity index (χ0v) is 21.2. The first-order valence-electron chi connectivity index (χ1n) is 9.96. The first-order chi connectivity index (χ1) is 16.0. The van der Waals surface area contributed by atoms with E-state index in [-0.39, 0.29) is 5.78 Å². The summed E-state index contributed by atoms with van der Waals surface area (Å²) in [6.45, 7) is 0. The maximum atomic E-state index is 13.0. The third kappa shape index (κ3) is 8.15. The molecular weight excluding hydrogens is 511 g/mol. The van der Waals surface area contributed by atoms with Crippen molar-refractivity contribution in [2.24, 2.45) is 4.99 Å². The van der Waals surface area contributed by atoms with Gasteiger partial charge in [0.1, 0.15) is 0 Å². The van der Waals surface area contributed by atoms with Crippen LogP contribution in [0.4, 0.5) is 17.1 Å². The van der Waals surface area contributed by atoms with Gasteiger partial charge in [0.15, 0.2) is 5.78 Å².